The molecule has 1 N–H and O–H groups in total. The van der Waals surface area contributed by atoms with Crippen LogP contribution in [0.5, 0.6) is 11.5 Å². The van der Waals surface area contributed by atoms with E-state index in [1.54, 1.807) is 18.2 Å². The van der Waals surface area contributed by atoms with Gasteiger partial charge in [0.2, 0.25) is 0 Å². The highest BCUT2D eigenvalue weighted by molar-refractivity contribution is 6.32. The Morgan fingerprint density at radius 1 is 0.944 bits per heavy atom. The van der Waals surface area contributed by atoms with Gasteiger partial charge in [0, 0.05) is 24.7 Å². The Hall–Kier alpha value is -2.02. The highest BCUT2D eigenvalue weighted by Gasteiger charge is 2.20. The predicted molar refractivity (Wildman–Crippen MR) is 149 cm³/mol. The molecule has 0 amide bonds. The average Bonchev–Trinajstić information content (AvgIpc) is 2.85. The summed E-state index contributed by atoms with van der Waals surface area (Å²) in [6, 6.07) is 21.5. The van der Waals surface area contributed by atoms with Gasteiger partial charge >= 0.3 is 0 Å². The fourth-order valence-electron chi connectivity index (χ4n) is 4.29. The molecule has 1 saturated heterocycles. The Kier molecular flexibility index (Phi) is 12.8. The van der Waals surface area contributed by atoms with Gasteiger partial charge in [0.1, 0.15) is 12.4 Å². The van der Waals surface area contributed by atoms with Crippen molar-refractivity contribution < 1.29 is 13.9 Å². The number of hydrogen-bond donors (Lipinski definition) is 1. The van der Waals surface area contributed by atoms with Gasteiger partial charge in [-0.3, -0.25) is 4.90 Å². The lowest BCUT2D eigenvalue weighted by molar-refractivity contribution is 0.190. The van der Waals surface area contributed by atoms with Crippen molar-refractivity contribution in [2.24, 2.45) is 0 Å². The summed E-state index contributed by atoms with van der Waals surface area (Å²) in [5, 5.41) is 4.14. The van der Waals surface area contributed by atoms with Gasteiger partial charge in [0.15, 0.2) is 11.5 Å². The second kappa shape index (κ2) is 15.3. The summed E-state index contributed by atoms with van der Waals surface area (Å²) in [4.78, 5) is 2.51. The molecule has 8 heteroatoms. The maximum atomic E-state index is 14.0. The lowest BCUT2D eigenvalue weighted by atomic mass is 10.0. The van der Waals surface area contributed by atoms with E-state index in [-0.39, 0.29) is 37.2 Å². The van der Waals surface area contributed by atoms with Crippen molar-refractivity contribution in [3.63, 3.8) is 0 Å². The number of rotatable bonds is 10. The summed E-state index contributed by atoms with van der Waals surface area (Å²) < 4.78 is 25.6. The molecule has 1 heterocycles. The van der Waals surface area contributed by atoms with E-state index in [4.69, 9.17) is 21.1 Å². The molecule has 0 unspecified atom stereocenters. The maximum Gasteiger partial charge on any atom is 0.180 e. The number of hydrogen-bond acceptors (Lipinski definition) is 4. The van der Waals surface area contributed by atoms with Gasteiger partial charge < -0.3 is 14.8 Å². The fraction of sp³-hybridized carbons (Fsp3) is 0.357. The van der Waals surface area contributed by atoms with E-state index >= 15 is 0 Å². The number of halogens is 4. The van der Waals surface area contributed by atoms with E-state index in [1.165, 1.54) is 11.6 Å². The third kappa shape index (κ3) is 8.53. The van der Waals surface area contributed by atoms with E-state index < -0.39 is 0 Å². The van der Waals surface area contributed by atoms with Crippen molar-refractivity contribution in [1.82, 2.24) is 10.2 Å². The fourth-order valence-corrected chi connectivity index (χ4v) is 4.58. The molecule has 0 aromatic heterocycles. The molecule has 4 rings (SSSR count). The Labute approximate surface area is 231 Å². The van der Waals surface area contributed by atoms with Crippen molar-refractivity contribution in [3.8, 4) is 11.5 Å². The first kappa shape index (κ1) is 30.2. The second-order valence-corrected chi connectivity index (χ2v) is 9.04. The maximum absolute atomic E-state index is 14.0. The number of likely N-dealkylation sites (tertiary alicyclic amines) is 1. The van der Waals surface area contributed by atoms with Crippen LogP contribution in [0.2, 0.25) is 5.02 Å². The molecule has 0 saturated carbocycles. The zero-order chi connectivity index (χ0) is 23.8. The van der Waals surface area contributed by atoms with Crippen LogP contribution in [-0.4, -0.2) is 30.6 Å². The molecular formula is C28H34Cl3FN2O2. The van der Waals surface area contributed by atoms with Gasteiger partial charge in [-0.05, 0) is 62.2 Å². The molecule has 1 fully saturated rings. The first-order valence-corrected chi connectivity index (χ1v) is 12.3. The molecule has 0 aliphatic carbocycles. The Morgan fingerprint density at radius 3 is 2.33 bits per heavy atom. The first-order chi connectivity index (χ1) is 16.6. The summed E-state index contributed by atoms with van der Waals surface area (Å²) in [6.45, 7) is 6.38. The quantitative estimate of drug-likeness (QED) is 0.290. The summed E-state index contributed by atoms with van der Waals surface area (Å²) >= 11 is 6.56. The van der Waals surface area contributed by atoms with Gasteiger partial charge in [-0.1, -0.05) is 60.1 Å². The van der Waals surface area contributed by atoms with Crippen molar-refractivity contribution >= 4 is 36.4 Å². The lowest BCUT2D eigenvalue weighted by Gasteiger charge is -2.32. The molecule has 0 bridgehead atoms. The van der Waals surface area contributed by atoms with Crippen LogP contribution in [0.1, 0.15) is 36.5 Å². The minimum atomic E-state index is -0.299. The lowest BCUT2D eigenvalue weighted by Crippen LogP contribution is -2.41. The summed E-state index contributed by atoms with van der Waals surface area (Å²) in [5.74, 6) is 0.734. The molecule has 0 spiro atoms. The molecule has 4 nitrogen and oxygen atoms in total. The molecule has 0 atom stereocenters. The second-order valence-electron chi connectivity index (χ2n) is 8.63. The Balaban J connectivity index is 0.00000228. The van der Waals surface area contributed by atoms with Gasteiger partial charge in [0.05, 0.1) is 11.6 Å². The van der Waals surface area contributed by atoms with E-state index in [0.29, 0.717) is 41.3 Å². The van der Waals surface area contributed by atoms with Crippen molar-refractivity contribution in [1.29, 1.82) is 0 Å². The monoisotopic (exact) mass is 554 g/mol. The predicted octanol–water partition coefficient (Wildman–Crippen LogP) is 7.05. The third-order valence-electron chi connectivity index (χ3n) is 6.13. The molecule has 1 aliphatic heterocycles. The third-order valence-corrected chi connectivity index (χ3v) is 6.41. The molecule has 196 valence electrons. The molecule has 36 heavy (non-hydrogen) atoms. The smallest absolute Gasteiger partial charge is 0.180 e. The normalized spacial score (nSPS) is 14.0. The van der Waals surface area contributed by atoms with Gasteiger partial charge in [-0.25, -0.2) is 4.39 Å². The summed E-state index contributed by atoms with van der Waals surface area (Å²) in [7, 11) is 0. The van der Waals surface area contributed by atoms with E-state index in [0.717, 1.165) is 38.0 Å². The number of ether oxygens (including phenoxy) is 2. The van der Waals surface area contributed by atoms with Crippen LogP contribution in [0.3, 0.4) is 0 Å². The van der Waals surface area contributed by atoms with E-state index in [1.807, 2.05) is 19.1 Å². The van der Waals surface area contributed by atoms with Crippen LogP contribution in [0.15, 0.2) is 66.7 Å². The Bertz CT molecular complexity index is 1060. The van der Waals surface area contributed by atoms with Crippen LogP contribution in [-0.2, 0) is 19.7 Å². The summed E-state index contributed by atoms with van der Waals surface area (Å²) in [6.07, 6.45) is 2.23. The van der Waals surface area contributed by atoms with Gasteiger partial charge in [-0.2, -0.15) is 0 Å². The van der Waals surface area contributed by atoms with Gasteiger partial charge in [-0.15, -0.1) is 24.8 Å². The Morgan fingerprint density at radius 2 is 1.64 bits per heavy atom. The van der Waals surface area contributed by atoms with Crippen LogP contribution < -0.4 is 14.8 Å². The number of nitrogens with zero attached hydrogens (tertiary/aromatic N) is 1. The molecule has 3 aromatic rings. The van der Waals surface area contributed by atoms with Crippen molar-refractivity contribution in [3.05, 3.63) is 94.3 Å². The topological polar surface area (TPSA) is 33.7 Å². The average molecular weight is 556 g/mol. The highest BCUT2D eigenvalue weighted by Crippen LogP contribution is 2.37. The van der Waals surface area contributed by atoms with Crippen LogP contribution >= 0.6 is 36.4 Å². The zero-order valence-electron chi connectivity index (χ0n) is 20.4. The first-order valence-electron chi connectivity index (χ1n) is 11.9. The minimum Gasteiger partial charge on any atom is -0.490 e. The zero-order valence-corrected chi connectivity index (χ0v) is 22.8. The van der Waals surface area contributed by atoms with Gasteiger partial charge in [0.25, 0.3) is 0 Å². The van der Waals surface area contributed by atoms with E-state index in [9.17, 15) is 4.39 Å². The number of benzene rings is 3. The molecule has 1 aliphatic rings. The standard InChI is InChI=1S/C28H32ClFN2O2.2ClH/c1-2-33-27-17-22(16-25(29)28(27)34-20-23-10-6-7-11-26(23)30)18-31-24-12-14-32(15-13-24)19-21-8-4-3-5-9-21;;/h3-11,16-17,24,31H,2,12-15,18-20H2,1H3;2*1H. The van der Waals surface area contributed by atoms with Crippen molar-refractivity contribution in [2.75, 3.05) is 19.7 Å². The van der Waals surface area contributed by atoms with Crippen molar-refractivity contribution in [2.45, 2.75) is 45.5 Å². The van der Waals surface area contributed by atoms with Crippen LogP contribution in [0.4, 0.5) is 4.39 Å². The van der Waals surface area contributed by atoms with Crippen LogP contribution in [0, 0.1) is 5.82 Å². The van der Waals surface area contributed by atoms with Crippen LogP contribution in [0.25, 0.3) is 0 Å². The largest absolute Gasteiger partial charge is 0.490 e. The highest BCUT2D eigenvalue weighted by atomic mass is 35.5. The minimum absolute atomic E-state index is 0. The molecular weight excluding hydrogens is 522 g/mol. The number of nitrogens with one attached hydrogen (secondary N) is 1. The molecule has 0 radical (unpaired) electrons. The summed E-state index contributed by atoms with van der Waals surface area (Å²) in [5.41, 5.74) is 2.88. The van der Waals surface area contributed by atoms with E-state index in [2.05, 4.69) is 40.5 Å². The number of piperidine rings is 1. The SMILES string of the molecule is CCOc1cc(CNC2CCN(Cc3ccccc3)CC2)cc(Cl)c1OCc1ccccc1F.Cl.Cl. The molecule has 3 aromatic carbocycles.